The third-order valence-corrected chi connectivity index (χ3v) is 2.80. The monoisotopic (exact) mass is 344 g/mol. The lowest BCUT2D eigenvalue weighted by molar-refractivity contribution is 0.0977. The topological polar surface area (TPSA) is 41.5 Å². The highest BCUT2D eigenvalue weighted by Gasteiger charge is 2.11. The van der Waals surface area contributed by atoms with E-state index in [-0.39, 0.29) is 5.91 Å². The van der Waals surface area contributed by atoms with E-state index in [4.69, 9.17) is 11.6 Å². The number of hydrogen-bond acceptors (Lipinski definition) is 2. The van der Waals surface area contributed by atoms with E-state index in [0.717, 1.165) is 4.47 Å². The molecule has 0 spiro atoms. The zero-order valence-corrected chi connectivity index (χ0v) is 13.8. The van der Waals surface area contributed by atoms with Gasteiger partial charge in [0, 0.05) is 11.5 Å². The summed E-state index contributed by atoms with van der Waals surface area (Å²) < 4.78 is 0.799. The summed E-state index contributed by atoms with van der Waals surface area (Å²) in [6, 6.07) is 5.11. The second kappa shape index (κ2) is 9.75. The van der Waals surface area contributed by atoms with Crippen LogP contribution in [0.1, 0.15) is 31.1 Å². The molecule has 0 saturated heterocycles. The summed E-state index contributed by atoms with van der Waals surface area (Å²) in [5, 5.41) is 3.08. The maximum absolute atomic E-state index is 11.9. The van der Waals surface area contributed by atoms with Crippen molar-refractivity contribution in [2.45, 2.75) is 20.8 Å². The molecule has 0 aliphatic carbocycles. The third-order valence-electron chi connectivity index (χ3n) is 1.98. The minimum absolute atomic E-state index is 0.282. The van der Waals surface area contributed by atoms with Crippen LogP contribution in [0.25, 0.3) is 0 Å². The smallest absolute Gasteiger partial charge is 0.258 e. The van der Waals surface area contributed by atoms with Crippen molar-refractivity contribution in [3.05, 3.63) is 45.4 Å². The van der Waals surface area contributed by atoms with E-state index in [1.165, 1.54) is 0 Å². The summed E-state index contributed by atoms with van der Waals surface area (Å²) >= 11 is 9.25. The molecule has 0 atom stereocenters. The molecule has 0 heterocycles. The number of nitrogens with zero attached hydrogens (tertiary/aromatic N) is 1. The van der Waals surface area contributed by atoms with Crippen LogP contribution in [0.3, 0.4) is 0 Å². The van der Waals surface area contributed by atoms with Crippen molar-refractivity contribution in [3.63, 3.8) is 0 Å². The summed E-state index contributed by atoms with van der Waals surface area (Å²) in [5.41, 5.74) is 0.409. The molecule has 3 nitrogen and oxygen atoms in total. The highest BCUT2D eigenvalue weighted by molar-refractivity contribution is 9.10. The van der Waals surface area contributed by atoms with Crippen LogP contribution in [-0.2, 0) is 0 Å². The second-order valence-electron chi connectivity index (χ2n) is 3.19. The molecule has 0 aliphatic heterocycles. The van der Waals surface area contributed by atoms with Gasteiger partial charge in [-0.25, -0.2) is 0 Å². The lowest BCUT2D eigenvalue weighted by Gasteiger charge is -2.06. The van der Waals surface area contributed by atoms with Crippen LogP contribution in [0, 0.1) is 0 Å². The Kier molecular flexibility index (Phi) is 9.17. The summed E-state index contributed by atoms with van der Waals surface area (Å²) in [7, 11) is 1.61. The van der Waals surface area contributed by atoms with Crippen LogP contribution in [0.15, 0.2) is 39.8 Å². The molecule has 0 bridgehead atoms. The zero-order valence-electron chi connectivity index (χ0n) is 11.5. The van der Waals surface area contributed by atoms with Gasteiger partial charge in [0.2, 0.25) is 0 Å². The van der Waals surface area contributed by atoms with Gasteiger partial charge in [0.15, 0.2) is 0 Å². The molecule has 104 valence electrons. The molecule has 1 rings (SSSR count). The van der Waals surface area contributed by atoms with Crippen LogP contribution >= 0.6 is 27.5 Å². The van der Waals surface area contributed by atoms with Crippen molar-refractivity contribution in [1.29, 1.82) is 0 Å². The Bertz CT molecular complexity index is 484. The number of rotatable bonds is 2. The van der Waals surface area contributed by atoms with Crippen LogP contribution in [0.2, 0.25) is 5.02 Å². The lowest BCUT2D eigenvalue weighted by atomic mass is 10.2. The van der Waals surface area contributed by atoms with Gasteiger partial charge >= 0.3 is 0 Å². The SMILES string of the molecule is C/C=C\C(=NC)NC(=O)c1cc(Br)ccc1Cl.CC. The number of halogens is 2. The van der Waals surface area contributed by atoms with Crippen LogP contribution in [0.4, 0.5) is 0 Å². The van der Waals surface area contributed by atoms with E-state index >= 15 is 0 Å². The van der Waals surface area contributed by atoms with Crippen LogP contribution in [0.5, 0.6) is 0 Å². The molecule has 5 heteroatoms. The summed E-state index contributed by atoms with van der Waals surface area (Å²) in [6.07, 6.45) is 3.51. The molecule has 0 aliphatic rings. The van der Waals surface area contributed by atoms with Crippen molar-refractivity contribution in [3.8, 4) is 0 Å². The average molecular weight is 346 g/mol. The molecule has 0 radical (unpaired) electrons. The van der Waals surface area contributed by atoms with Crippen molar-refractivity contribution in [1.82, 2.24) is 5.32 Å². The van der Waals surface area contributed by atoms with E-state index in [9.17, 15) is 4.79 Å². The average Bonchev–Trinajstić information content (AvgIpc) is 2.43. The van der Waals surface area contributed by atoms with Gasteiger partial charge in [0.1, 0.15) is 5.84 Å². The molecular formula is C14H18BrClN2O. The predicted molar refractivity (Wildman–Crippen MR) is 86.1 cm³/mol. The Morgan fingerprint density at radius 2 is 2.05 bits per heavy atom. The number of nitrogens with one attached hydrogen (secondary N) is 1. The fourth-order valence-corrected chi connectivity index (χ4v) is 1.75. The Morgan fingerprint density at radius 1 is 1.42 bits per heavy atom. The normalized spacial score (nSPS) is 10.9. The fraction of sp³-hybridized carbons (Fsp3) is 0.286. The number of hydrogen-bond donors (Lipinski definition) is 1. The number of amidine groups is 1. The first-order valence-corrected chi connectivity index (χ1v) is 7.11. The molecule has 1 N–H and O–H groups in total. The summed E-state index contributed by atoms with van der Waals surface area (Å²) in [5.74, 6) is 0.212. The van der Waals surface area contributed by atoms with E-state index in [1.807, 2.05) is 20.8 Å². The van der Waals surface area contributed by atoms with Gasteiger partial charge in [0.05, 0.1) is 10.6 Å². The highest BCUT2D eigenvalue weighted by Crippen LogP contribution is 2.20. The minimum Gasteiger partial charge on any atom is -0.307 e. The Morgan fingerprint density at radius 3 is 2.58 bits per heavy atom. The van der Waals surface area contributed by atoms with Gasteiger partial charge in [-0.2, -0.15) is 0 Å². The Balaban J connectivity index is 0.00000154. The molecule has 19 heavy (non-hydrogen) atoms. The number of carbonyl (C=O) groups is 1. The van der Waals surface area contributed by atoms with Crippen molar-refractivity contribution in [2.75, 3.05) is 7.05 Å². The van der Waals surface area contributed by atoms with Crippen molar-refractivity contribution >= 4 is 39.3 Å². The number of benzene rings is 1. The van der Waals surface area contributed by atoms with Gasteiger partial charge in [-0.05, 0) is 31.2 Å². The molecule has 0 unspecified atom stereocenters. The molecule has 0 fully saturated rings. The quantitative estimate of drug-likeness (QED) is 0.624. The molecule has 1 aromatic carbocycles. The highest BCUT2D eigenvalue weighted by atomic mass is 79.9. The standard InChI is InChI=1S/C12H12BrClN2O.C2H6/c1-3-4-11(15-2)16-12(17)9-7-8(13)5-6-10(9)14;1-2/h3-7H,1-2H3,(H,15,16,17);1-2H3/b4-3-;. The van der Waals surface area contributed by atoms with Gasteiger partial charge in [-0.15, -0.1) is 0 Å². The number of aliphatic imine (C=N–C) groups is 1. The number of amides is 1. The van der Waals surface area contributed by atoms with Gasteiger partial charge in [-0.1, -0.05) is 47.5 Å². The zero-order chi connectivity index (χ0) is 14.8. The first-order chi connectivity index (χ1) is 9.08. The Labute approximate surface area is 127 Å². The second-order valence-corrected chi connectivity index (χ2v) is 4.51. The predicted octanol–water partition coefficient (Wildman–Crippen LogP) is 4.46. The van der Waals surface area contributed by atoms with E-state index in [2.05, 4.69) is 26.2 Å². The maximum atomic E-state index is 11.9. The first-order valence-electron chi connectivity index (χ1n) is 5.94. The van der Waals surface area contributed by atoms with E-state index < -0.39 is 0 Å². The van der Waals surface area contributed by atoms with E-state index in [1.54, 1.807) is 37.4 Å². The maximum Gasteiger partial charge on any atom is 0.258 e. The summed E-state index contributed by atoms with van der Waals surface area (Å²) in [4.78, 5) is 15.9. The number of allylic oxidation sites excluding steroid dienone is 1. The van der Waals surface area contributed by atoms with Gasteiger partial charge < -0.3 is 5.32 Å². The third kappa shape index (κ3) is 6.03. The fourth-order valence-electron chi connectivity index (χ4n) is 1.19. The number of carbonyl (C=O) groups excluding carboxylic acids is 1. The van der Waals surface area contributed by atoms with Crippen LogP contribution < -0.4 is 5.32 Å². The summed E-state index contributed by atoms with van der Waals surface area (Å²) in [6.45, 7) is 5.85. The van der Waals surface area contributed by atoms with E-state index in [0.29, 0.717) is 16.4 Å². The Hall–Kier alpha value is -1.13. The van der Waals surface area contributed by atoms with Crippen molar-refractivity contribution < 1.29 is 4.79 Å². The molecular weight excluding hydrogens is 328 g/mol. The first kappa shape index (κ1) is 17.9. The molecule has 0 saturated carbocycles. The minimum atomic E-state index is -0.282. The van der Waals surface area contributed by atoms with Crippen LogP contribution in [-0.4, -0.2) is 18.8 Å². The van der Waals surface area contributed by atoms with Gasteiger partial charge in [-0.3, -0.25) is 9.79 Å². The van der Waals surface area contributed by atoms with Gasteiger partial charge in [0.25, 0.3) is 5.91 Å². The molecule has 0 aromatic heterocycles. The van der Waals surface area contributed by atoms with Crippen molar-refractivity contribution in [2.24, 2.45) is 4.99 Å². The lowest BCUT2D eigenvalue weighted by Crippen LogP contribution is -2.29. The molecule has 1 aromatic rings. The largest absolute Gasteiger partial charge is 0.307 e. The molecule has 1 amide bonds.